The maximum absolute atomic E-state index is 6.91. The van der Waals surface area contributed by atoms with Crippen molar-refractivity contribution in [1.29, 1.82) is 0 Å². The molecule has 2 aliphatic heterocycles. The Bertz CT molecular complexity index is 425. The van der Waals surface area contributed by atoms with Gasteiger partial charge in [-0.1, -0.05) is 13.8 Å². The van der Waals surface area contributed by atoms with Crippen LogP contribution in [-0.2, 0) is 9.47 Å². The van der Waals surface area contributed by atoms with E-state index in [1.54, 1.807) is 0 Å². The lowest BCUT2D eigenvalue weighted by Crippen LogP contribution is -2.62. The predicted octanol–water partition coefficient (Wildman–Crippen LogP) is 4.91. The molecule has 0 aromatic heterocycles. The number of ether oxygens (including phenoxy) is 2. The number of fused-ring (bicyclic) bond motifs is 1. The second kappa shape index (κ2) is 4.72. The fourth-order valence-electron chi connectivity index (χ4n) is 7.30. The Labute approximate surface area is 135 Å². The molecule has 6 rings (SSSR count). The summed E-state index contributed by atoms with van der Waals surface area (Å²) in [6.07, 6.45) is 13.7. The van der Waals surface area contributed by atoms with E-state index in [4.69, 9.17) is 9.47 Å². The van der Waals surface area contributed by atoms with E-state index in [9.17, 15) is 0 Å². The molecule has 6 fully saturated rings. The summed E-state index contributed by atoms with van der Waals surface area (Å²) in [6.45, 7) is 4.58. The van der Waals surface area contributed by atoms with E-state index in [0.29, 0.717) is 5.92 Å². The molecule has 2 saturated heterocycles. The van der Waals surface area contributed by atoms with Gasteiger partial charge in [0.1, 0.15) is 0 Å². The summed E-state index contributed by atoms with van der Waals surface area (Å²) in [5.74, 6) is 4.44. The quantitative estimate of drug-likeness (QED) is 0.721. The minimum Gasteiger partial charge on any atom is -0.346 e. The van der Waals surface area contributed by atoms with E-state index in [-0.39, 0.29) is 17.5 Å². The maximum atomic E-state index is 6.91. The Morgan fingerprint density at radius 2 is 1.50 bits per heavy atom. The summed E-state index contributed by atoms with van der Waals surface area (Å²) < 4.78 is 13.5. The molecule has 0 radical (unpaired) electrons. The molecule has 0 amide bonds. The minimum atomic E-state index is 0.117. The van der Waals surface area contributed by atoms with Crippen molar-refractivity contribution < 1.29 is 9.47 Å². The van der Waals surface area contributed by atoms with Gasteiger partial charge in [0, 0.05) is 5.92 Å². The highest BCUT2D eigenvalue weighted by Crippen LogP contribution is 2.63. The van der Waals surface area contributed by atoms with Crippen LogP contribution in [0.5, 0.6) is 0 Å². The fourth-order valence-corrected chi connectivity index (χ4v) is 7.30. The number of rotatable bonds is 2. The number of hydrogen-bond acceptors (Lipinski definition) is 2. The van der Waals surface area contributed by atoms with Crippen LogP contribution in [0.25, 0.3) is 0 Å². The third-order valence-corrected chi connectivity index (χ3v) is 8.44. The van der Waals surface area contributed by atoms with Crippen LogP contribution < -0.4 is 0 Å². The molecule has 124 valence electrons. The molecule has 0 aromatic carbocycles. The third kappa shape index (κ3) is 1.80. The second-order valence-electron chi connectivity index (χ2n) is 9.26. The van der Waals surface area contributed by atoms with Gasteiger partial charge in [0.15, 0.2) is 6.29 Å². The third-order valence-electron chi connectivity index (χ3n) is 8.44. The molecule has 2 heteroatoms. The molecular weight excluding hydrogens is 272 g/mol. The van der Waals surface area contributed by atoms with Crippen LogP contribution in [0.3, 0.4) is 0 Å². The average molecular weight is 304 g/mol. The highest BCUT2D eigenvalue weighted by atomic mass is 16.7. The molecule has 22 heavy (non-hydrogen) atoms. The summed E-state index contributed by atoms with van der Waals surface area (Å²) in [4.78, 5) is 0. The first-order valence-corrected chi connectivity index (χ1v) is 10.0. The number of hydrogen-bond donors (Lipinski definition) is 0. The van der Waals surface area contributed by atoms with Gasteiger partial charge in [-0.05, 0) is 87.9 Å². The predicted molar refractivity (Wildman–Crippen MR) is 86.4 cm³/mol. The lowest BCUT2D eigenvalue weighted by Gasteiger charge is -2.63. The zero-order chi connectivity index (χ0) is 14.9. The van der Waals surface area contributed by atoms with E-state index in [0.717, 1.165) is 36.5 Å². The SMILES string of the molecule is CCC1(CC)C[C@@H]2CCC3(O[C@@H]2O1)C1CC2CC(C1)CC3C2. The molecular formula is C20H32O2. The van der Waals surface area contributed by atoms with Gasteiger partial charge in [-0.15, -0.1) is 0 Å². The van der Waals surface area contributed by atoms with Crippen molar-refractivity contribution in [2.24, 2.45) is 29.6 Å². The molecule has 4 bridgehead atoms. The highest BCUT2D eigenvalue weighted by Gasteiger charge is 2.62. The zero-order valence-corrected chi connectivity index (χ0v) is 14.4. The van der Waals surface area contributed by atoms with Crippen LogP contribution in [0, 0.1) is 29.6 Å². The van der Waals surface area contributed by atoms with Gasteiger partial charge in [0.25, 0.3) is 0 Å². The van der Waals surface area contributed by atoms with Gasteiger partial charge >= 0.3 is 0 Å². The van der Waals surface area contributed by atoms with Gasteiger partial charge in [-0.25, -0.2) is 0 Å². The second-order valence-corrected chi connectivity index (χ2v) is 9.26. The van der Waals surface area contributed by atoms with Crippen molar-refractivity contribution in [3.8, 4) is 0 Å². The van der Waals surface area contributed by atoms with Crippen molar-refractivity contribution in [1.82, 2.24) is 0 Å². The lowest BCUT2D eigenvalue weighted by molar-refractivity contribution is -0.313. The van der Waals surface area contributed by atoms with Crippen LogP contribution in [-0.4, -0.2) is 17.5 Å². The Balaban J connectivity index is 1.40. The standard InChI is InChI=1S/C20H32O2/c1-3-19(4-2)12-15-5-6-20(22-18(15)21-19)16-8-13-7-14(10-16)11-17(20)9-13/h13-18H,3-12H2,1-2H3/t13?,14?,15-,16?,17?,18-,20?/m0/s1. The van der Waals surface area contributed by atoms with Gasteiger partial charge < -0.3 is 9.47 Å². The Kier molecular flexibility index (Phi) is 3.07. The normalized spacial score (nSPS) is 54.8. The molecule has 0 aromatic rings. The van der Waals surface area contributed by atoms with Crippen molar-refractivity contribution in [2.75, 3.05) is 0 Å². The lowest BCUT2D eigenvalue weighted by atomic mass is 9.48. The first-order valence-electron chi connectivity index (χ1n) is 10.0. The summed E-state index contributed by atoms with van der Waals surface area (Å²) in [7, 11) is 0. The summed E-state index contributed by atoms with van der Waals surface area (Å²) in [5.41, 5.74) is 0.332. The largest absolute Gasteiger partial charge is 0.346 e. The molecule has 2 atom stereocenters. The first-order chi connectivity index (χ1) is 10.7. The van der Waals surface area contributed by atoms with Crippen LogP contribution in [0.2, 0.25) is 0 Å². The Morgan fingerprint density at radius 1 is 0.864 bits per heavy atom. The van der Waals surface area contributed by atoms with Crippen molar-refractivity contribution in [2.45, 2.75) is 95.5 Å². The molecule has 6 aliphatic rings. The van der Waals surface area contributed by atoms with Gasteiger partial charge in [0.2, 0.25) is 0 Å². The van der Waals surface area contributed by atoms with E-state index in [1.165, 1.54) is 51.4 Å². The molecule has 2 nitrogen and oxygen atoms in total. The van der Waals surface area contributed by atoms with E-state index < -0.39 is 0 Å². The van der Waals surface area contributed by atoms with Crippen molar-refractivity contribution >= 4 is 0 Å². The average Bonchev–Trinajstić information content (AvgIpc) is 2.90. The molecule has 4 saturated carbocycles. The monoisotopic (exact) mass is 304 g/mol. The summed E-state index contributed by atoms with van der Waals surface area (Å²) >= 11 is 0. The van der Waals surface area contributed by atoms with E-state index in [2.05, 4.69) is 13.8 Å². The smallest absolute Gasteiger partial charge is 0.161 e. The molecule has 1 spiro atoms. The van der Waals surface area contributed by atoms with Gasteiger partial charge in [-0.3, -0.25) is 0 Å². The van der Waals surface area contributed by atoms with Crippen LogP contribution in [0.1, 0.15) is 78.1 Å². The molecule has 2 heterocycles. The first kappa shape index (κ1) is 14.3. The minimum absolute atomic E-state index is 0.117. The van der Waals surface area contributed by atoms with Crippen molar-refractivity contribution in [3.05, 3.63) is 0 Å². The summed E-state index contributed by atoms with van der Waals surface area (Å²) in [6, 6.07) is 0. The summed E-state index contributed by atoms with van der Waals surface area (Å²) in [5, 5.41) is 0. The van der Waals surface area contributed by atoms with Crippen LogP contribution in [0.15, 0.2) is 0 Å². The Morgan fingerprint density at radius 3 is 2.09 bits per heavy atom. The maximum Gasteiger partial charge on any atom is 0.161 e. The van der Waals surface area contributed by atoms with E-state index >= 15 is 0 Å². The highest BCUT2D eigenvalue weighted by molar-refractivity contribution is 5.10. The fraction of sp³-hybridized carbons (Fsp3) is 1.00. The molecule has 0 N–H and O–H groups in total. The van der Waals surface area contributed by atoms with Crippen LogP contribution in [0.4, 0.5) is 0 Å². The van der Waals surface area contributed by atoms with Crippen LogP contribution >= 0.6 is 0 Å². The zero-order valence-electron chi connectivity index (χ0n) is 14.4. The molecule has 4 aliphatic carbocycles. The van der Waals surface area contributed by atoms with Crippen molar-refractivity contribution in [3.63, 3.8) is 0 Å². The van der Waals surface area contributed by atoms with Gasteiger partial charge in [-0.2, -0.15) is 0 Å². The molecule has 0 unspecified atom stereocenters. The Hall–Kier alpha value is -0.0800. The van der Waals surface area contributed by atoms with E-state index in [1.807, 2.05) is 0 Å². The van der Waals surface area contributed by atoms with Gasteiger partial charge in [0.05, 0.1) is 11.2 Å². The topological polar surface area (TPSA) is 18.5 Å².